The molecule has 1 aromatic rings. The Morgan fingerprint density at radius 3 is 2.60 bits per heavy atom. The Balaban J connectivity index is 1.63. The average Bonchev–Trinajstić information content (AvgIpc) is 2.49. The van der Waals surface area contributed by atoms with E-state index in [1.807, 2.05) is 37.3 Å². The van der Waals surface area contributed by atoms with E-state index in [1.165, 1.54) is 0 Å². The number of esters is 1. The maximum Gasteiger partial charge on any atom is 0.309 e. The zero-order chi connectivity index (χ0) is 14.2. The Morgan fingerprint density at radius 1 is 1.25 bits per heavy atom. The predicted octanol–water partition coefficient (Wildman–Crippen LogP) is 2.34. The molecule has 0 N–H and O–H groups in total. The Hall–Kier alpha value is -1.55. The first-order chi connectivity index (χ1) is 9.79. The van der Waals surface area contributed by atoms with Crippen LogP contribution >= 0.6 is 0 Å². The van der Waals surface area contributed by atoms with E-state index in [2.05, 4.69) is 4.90 Å². The number of carbonyl (C=O) groups is 1. The number of rotatable bonds is 6. The number of likely N-dealkylation sites (tertiary alicyclic amines) is 1. The third-order valence-corrected chi connectivity index (χ3v) is 3.63. The summed E-state index contributed by atoms with van der Waals surface area (Å²) in [4.78, 5) is 14.0. The van der Waals surface area contributed by atoms with E-state index in [0.29, 0.717) is 13.2 Å². The van der Waals surface area contributed by atoms with E-state index in [0.717, 1.165) is 38.2 Å². The minimum absolute atomic E-state index is 0.0346. The molecule has 0 bridgehead atoms. The Morgan fingerprint density at radius 2 is 1.95 bits per heavy atom. The van der Waals surface area contributed by atoms with Crippen molar-refractivity contribution in [2.45, 2.75) is 19.8 Å². The molecular weight excluding hydrogens is 254 g/mol. The van der Waals surface area contributed by atoms with E-state index in [4.69, 9.17) is 9.47 Å². The summed E-state index contributed by atoms with van der Waals surface area (Å²) in [5.41, 5.74) is 0. The molecule has 0 saturated carbocycles. The van der Waals surface area contributed by atoms with Crippen LogP contribution in [0.2, 0.25) is 0 Å². The second-order valence-electron chi connectivity index (χ2n) is 5.03. The number of hydrogen-bond acceptors (Lipinski definition) is 4. The number of para-hydroxylation sites is 1. The molecule has 0 radical (unpaired) electrons. The Kier molecular flexibility index (Phi) is 5.87. The van der Waals surface area contributed by atoms with E-state index >= 15 is 0 Å². The van der Waals surface area contributed by atoms with E-state index < -0.39 is 0 Å². The SMILES string of the molecule is CCOC(=O)C1CCN(CCOc2ccccc2)CC1. The highest BCUT2D eigenvalue weighted by atomic mass is 16.5. The highest BCUT2D eigenvalue weighted by Crippen LogP contribution is 2.18. The number of carbonyl (C=O) groups excluding carboxylic acids is 1. The van der Waals surface area contributed by atoms with E-state index in [9.17, 15) is 4.79 Å². The lowest BCUT2D eigenvalue weighted by Crippen LogP contribution is -2.39. The average molecular weight is 277 g/mol. The maximum absolute atomic E-state index is 11.6. The molecule has 0 aliphatic carbocycles. The van der Waals surface area contributed by atoms with Crippen molar-refractivity contribution < 1.29 is 14.3 Å². The summed E-state index contributed by atoms with van der Waals surface area (Å²) in [6, 6.07) is 9.85. The second-order valence-corrected chi connectivity index (χ2v) is 5.03. The first kappa shape index (κ1) is 14.9. The van der Waals surface area contributed by atoms with Gasteiger partial charge in [0.25, 0.3) is 0 Å². The number of ether oxygens (including phenoxy) is 2. The standard InChI is InChI=1S/C16H23NO3/c1-2-19-16(18)14-8-10-17(11-9-14)12-13-20-15-6-4-3-5-7-15/h3-7,14H,2,8-13H2,1H3. The molecular formula is C16H23NO3. The minimum atomic E-state index is -0.0346. The van der Waals surface area contributed by atoms with Gasteiger partial charge in [-0.1, -0.05) is 18.2 Å². The van der Waals surface area contributed by atoms with Crippen LogP contribution in [0.1, 0.15) is 19.8 Å². The van der Waals surface area contributed by atoms with Crippen molar-refractivity contribution in [1.29, 1.82) is 0 Å². The first-order valence-electron chi connectivity index (χ1n) is 7.36. The number of nitrogens with zero attached hydrogens (tertiary/aromatic N) is 1. The van der Waals surface area contributed by atoms with Crippen LogP contribution in [0.4, 0.5) is 0 Å². The zero-order valence-corrected chi connectivity index (χ0v) is 12.1. The largest absolute Gasteiger partial charge is 0.492 e. The molecule has 0 atom stereocenters. The summed E-state index contributed by atoms with van der Waals surface area (Å²) in [7, 11) is 0. The maximum atomic E-state index is 11.6. The van der Waals surface area contributed by atoms with Gasteiger partial charge in [-0.25, -0.2) is 0 Å². The number of piperidine rings is 1. The van der Waals surface area contributed by atoms with E-state index in [-0.39, 0.29) is 11.9 Å². The zero-order valence-electron chi connectivity index (χ0n) is 12.1. The fraction of sp³-hybridized carbons (Fsp3) is 0.562. The molecule has 1 aliphatic rings. The Labute approximate surface area is 120 Å². The third kappa shape index (κ3) is 4.53. The van der Waals surface area contributed by atoms with Crippen molar-refractivity contribution in [1.82, 2.24) is 4.90 Å². The van der Waals surface area contributed by atoms with Crippen molar-refractivity contribution in [3.05, 3.63) is 30.3 Å². The topological polar surface area (TPSA) is 38.8 Å². The molecule has 1 saturated heterocycles. The summed E-state index contributed by atoms with van der Waals surface area (Å²) >= 11 is 0. The molecule has 0 unspecified atom stereocenters. The number of hydrogen-bond donors (Lipinski definition) is 0. The highest BCUT2D eigenvalue weighted by Gasteiger charge is 2.25. The smallest absolute Gasteiger partial charge is 0.309 e. The minimum Gasteiger partial charge on any atom is -0.492 e. The van der Waals surface area contributed by atoms with Crippen molar-refractivity contribution in [3.63, 3.8) is 0 Å². The molecule has 0 aromatic heterocycles. The molecule has 1 heterocycles. The van der Waals surface area contributed by atoms with Gasteiger partial charge in [-0.15, -0.1) is 0 Å². The predicted molar refractivity (Wildman–Crippen MR) is 77.7 cm³/mol. The number of benzene rings is 1. The van der Waals surface area contributed by atoms with Crippen LogP contribution in [0.25, 0.3) is 0 Å². The summed E-state index contributed by atoms with van der Waals surface area (Å²) < 4.78 is 10.8. The summed E-state index contributed by atoms with van der Waals surface area (Å²) in [5, 5.41) is 0. The normalized spacial score (nSPS) is 16.9. The van der Waals surface area contributed by atoms with Crippen LogP contribution in [0.5, 0.6) is 5.75 Å². The lowest BCUT2D eigenvalue weighted by Gasteiger charge is -2.30. The third-order valence-electron chi connectivity index (χ3n) is 3.63. The van der Waals surface area contributed by atoms with Crippen LogP contribution in [0, 0.1) is 5.92 Å². The lowest BCUT2D eigenvalue weighted by atomic mass is 9.97. The monoisotopic (exact) mass is 277 g/mol. The molecule has 2 rings (SSSR count). The lowest BCUT2D eigenvalue weighted by molar-refractivity contribution is -0.149. The fourth-order valence-corrected chi connectivity index (χ4v) is 2.46. The summed E-state index contributed by atoms with van der Waals surface area (Å²) in [6.07, 6.45) is 1.79. The molecule has 4 heteroatoms. The van der Waals surface area contributed by atoms with Crippen LogP contribution < -0.4 is 4.74 Å². The van der Waals surface area contributed by atoms with Crippen LogP contribution in [0.3, 0.4) is 0 Å². The molecule has 20 heavy (non-hydrogen) atoms. The molecule has 4 nitrogen and oxygen atoms in total. The molecule has 0 spiro atoms. The quantitative estimate of drug-likeness (QED) is 0.748. The van der Waals surface area contributed by atoms with Gasteiger partial charge in [0.1, 0.15) is 12.4 Å². The molecule has 110 valence electrons. The van der Waals surface area contributed by atoms with Gasteiger partial charge in [0.05, 0.1) is 12.5 Å². The van der Waals surface area contributed by atoms with Crippen LogP contribution in [0.15, 0.2) is 30.3 Å². The van der Waals surface area contributed by atoms with Gasteiger partial charge in [-0.05, 0) is 45.0 Å². The van der Waals surface area contributed by atoms with Crippen LogP contribution in [-0.4, -0.2) is 43.7 Å². The van der Waals surface area contributed by atoms with Gasteiger partial charge in [0.15, 0.2) is 0 Å². The van der Waals surface area contributed by atoms with Crippen LogP contribution in [-0.2, 0) is 9.53 Å². The fourth-order valence-electron chi connectivity index (χ4n) is 2.46. The molecule has 1 aromatic carbocycles. The van der Waals surface area contributed by atoms with Crippen molar-refractivity contribution in [2.24, 2.45) is 5.92 Å². The molecule has 1 fully saturated rings. The summed E-state index contributed by atoms with van der Waals surface area (Å²) in [6.45, 7) is 5.82. The Bertz CT molecular complexity index is 399. The second kappa shape index (κ2) is 7.90. The van der Waals surface area contributed by atoms with Gasteiger partial charge >= 0.3 is 5.97 Å². The summed E-state index contributed by atoms with van der Waals surface area (Å²) in [5.74, 6) is 0.961. The van der Waals surface area contributed by atoms with Crippen molar-refractivity contribution in [2.75, 3.05) is 32.8 Å². The first-order valence-corrected chi connectivity index (χ1v) is 7.36. The van der Waals surface area contributed by atoms with E-state index in [1.54, 1.807) is 0 Å². The molecule has 0 amide bonds. The van der Waals surface area contributed by atoms with Crippen molar-refractivity contribution >= 4 is 5.97 Å². The molecule has 1 aliphatic heterocycles. The van der Waals surface area contributed by atoms with Gasteiger partial charge < -0.3 is 9.47 Å². The van der Waals surface area contributed by atoms with Gasteiger partial charge in [-0.3, -0.25) is 9.69 Å². The van der Waals surface area contributed by atoms with Gasteiger partial charge in [0.2, 0.25) is 0 Å². The van der Waals surface area contributed by atoms with Gasteiger partial charge in [0, 0.05) is 6.54 Å². The van der Waals surface area contributed by atoms with Gasteiger partial charge in [-0.2, -0.15) is 0 Å². The van der Waals surface area contributed by atoms with Crippen molar-refractivity contribution in [3.8, 4) is 5.75 Å². The highest BCUT2D eigenvalue weighted by molar-refractivity contribution is 5.72.